The summed E-state index contributed by atoms with van der Waals surface area (Å²) in [7, 11) is 0. The maximum absolute atomic E-state index is 12.5. The fourth-order valence-corrected chi connectivity index (χ4v) is 3.15. The molecule has 148 valence electrons. The van der Waals surface area contributed by atoms with Crippen molar-refractivity contribution in [1.29, 1.82) is 0 Å². The summed E-state index contributed by atoms with van der Waals surface area (Å²) in [6.07, 6.45) is 4.54. The van der Waals surface area contributed by atoms with Crippen molar-refractivity contribution >= 4 is 5.91 Å². The second-order valence-electron chi connectivity index (χ2n) is 7.01. The predicted molar refractivity (Wildman–Crippen MR) is 109 cm³/mol. The summed E-state index contributed by atoms with van der Waals surface area (Å²) in [6, 6.07) is 8.21. The molecule has 5 heteroatoms. The summed E-state index contributed by atoms with van der Waals surface area (Å²) < 4.78 is 11.5. The minimum atomic E-state index is 0.0263. The Morgan fingerprint density at radius 1 is 1.18 bits per heavy atom. The number of aromatic nitrogens is 1. The molecule has 1 aromatic heterocycles. The standard InChI is InChI=1S/C23H28N2O3/c1-3-19-10-12-20(13-11-19)23-24-21(18(2)28-23)16-27-17-22(26)25-14-8-6-4-5-7-9-15-25/h10-13H,3,6-9,14-17H2,1-2H3. The summed E-state index contributed by atoms with van der Waals surface area (Å²) in [6.45, 7) is 5.83. The van der Waals surface area contributed by atoms with Gasteiger partial charge in [0.1, 0.15) is 18.1 Å². The molecule has 0 atom stereocenters. The Kier molecular flexibility index (Phi) is 7.27. The average Bonchev–Trinajstić information content (AvgIpc) is 3.14. The highest BCUT2D eigenvalue weighted by molar-refractivity contribution is 5.77. The smallest absolute Gasteiger partial charge is 0.248 e. The summed E-state index contributed by atoms with van der Waals surface area (Å²) in [5, 5.41) is 0. The van der Waals surface area contributed by atoms with Crippen LogP contribution in [-0.4, -0.2) is 35.5 Å². The van der Waals surface area contributed by atoms with E-state index >= 15 is 0 Å². The quantitative estimate of drug-likeness (QED) is 0.707. The van der Waals surface area contributed by atoms with Gasteiger partial charge in [-0.15, -0.1) is 11.8 Å². The number of carbonyl (C=O) groups excluding carboxylic acids is 1. The average molecular weight is 380 g/mol. The normalized spacial score (nSPS) is 14.6. The highest BCUT2D eigenvalue weighted by atomic mass is 16.5. The van der Waals surface area contributed by atoms with Gasteiger partial charge in [-0.2, -0.15) is 0 Å². The summed E-state index contributed by atoms with van der Waals surface area (Å²) in [4.78, 5) is 18.9. The zero-order chi connectivity index (χ0) is 19.8. The van der Waals surface area contributed by atoms with Gasteiger partial charge in [-0.1, -0.05) is 19.1 Å². The van der Waals surface area contributed by atoms with Crippen LogP contribution in [-0.2, 0) is 22.6 Å². The van der Waals surface area contributed by atoms with Gasteiger partial charge < -0.3 is 14.1 Å². The third-order valence-corrected chi connectivity index (χ3v) is 4.90. The van der Waals surface area contributed by atoms with Crippen LogP contribution in [0.4, 0.5) is 0 Å². The first-order valence-electron chi connectivity index (χ1n) is 10.0. The molecule has 2 heterocycles. The van der Waals surface area contributed by atoms with Gasteiger partial charge in [0.25, 0.3) is 0 Å². The first-order chi connectivity index (χ1) is 13.7. The van der Waals surface area contributed by atoms with Gasteiger partial charge in [-0.25, -0.2) is 4.98 Å². The lowest BCUT2D eigenvalue weighted by molar-refractivity contribution is -0.136. The van der Waals surface area contributed by atoms with Crippen molar-refractivity contribution in [1.82, 2.24) is 9.88 Å². The second-order valence-corrected chi connectivity index (χ2v) is 7.01. The van der Waals surface area contributed by atoms with E-state index in [1.807, 2.05) is 24.0 Å². The van der Waals surface area contributed by atoms with Gasteiger partial charge >= 0.3 is 0 Å². The topological polar surface area (TPSA) is 55.6 Å². The Bertz CT molecular complexity index is 829. The van der Waals surface area contributed by atoms with E-state index in [2.05, 4.69) is 35.9 Å². The lowest BCUT2D eigenvalue weighted by Crippen LogP contribution is -2.35. The molecule has 0 unspecified atom stereocenters. The SMILES string of the molecule is CCc1ccc(-c2nc(COCC(=O)N3CCCC#CCCC3)c(C)o2)cc1. The van der Waals surface area contributed by atoms with Crippen molar-refractivity contribution in [2.45, 2.75) is 52.6 Å². The molecule has 0 N–H and O–H groups in total. The van der Waals surface area contributed by atoms with Gasteiger partial charge in [0.2, 0.25) is 11.8 Å². The van der Waals surface area contributed by atoms with E-state index in [0.29, 0.717) is 5.89 Å². The minimum Gasteiger partial charge on any atom is -0.441 e. The van der Waals surface area contributed by atoms with E-state index in [4.69, 9.17) is 9.15 Å². The van der Waals surface area contributed by atoms with Crippen molar-refractivity contribution in [3.8, 4) is 23.3 Å². The van der Waals surface area contributed by atoms with Crippen LogP contribution >= 0.6 is 0 Å². The van der Waals surface area contributed by atoms with Crippen molar-refractivity contribution in [3.05, 3.63) is 41.3 Å². The molecule has 0 saturated heterocycles. The number of oxazole rings is 1. The number of rotatable bonds is 6. The van der Waals surface area contributed by atoms with E-state index in [1.165, 1.54) is 5.56 Å². The Balaban J connectivity index is 1.53. The first-order valence-corrected chi connectivity index (χ1v) is 10.0. The van der Waals surface area contributed by atoms with Crippen LogP contribution < -0.4 is 0 Å². The molecule has 5 nitrogen and oxygen atoms in total. The van der Waals surface area contributed by atoms with E-state index in [0.717, 1.165) is 62.2 Å². The van der Waals surface area contributed by atoms with Crippen LogP contribution in [0.15, 0.2) is 28.7 Å². The van der Waals surface area contributed by atoms with Crippen molar-refractivity contribution in [2.24, 2.45) is 0 Å². The summed E-state index contributed by atoms with van der Waals surface area (Å²) in [5.41, 5.74) is 2.96. The Hall–Kier alpha value is -2.58. The summed E-state index contributed by atoms with van der Waals surface area (Å²) in [5.74, 6) is 7.62. The van der Waals surface area contributed by atoms with Crippen LogP contribution in [0.1, 0.15) is 49.6 Å². The number of aryl methyl sites for hydroxylation is 2. The molecule has 2 aromatic rings. The molecule has 3 rings (SSSR count). The molecule has 1 aromatic carbocycles. The van der Waals surface area contributed by atoms with Crippen molar-refractivity contribution < 1.29 is 13.9 Å². The molecule has 0 aliphatic carbocycles. The molecule has 0 radical (unpaired) electrons. The lowest BCUT2D eigenvalue weighted by atomic mass is 10.1. The van der Waals surface area contributed by atoms with Gasteiger partial charge in [0, 0.05) is 31.5 Å². The number of hydrogen-bond acceptors (Lipinski definition) is 4. The molecular weight excluding hydrogens is 352 g/mol. The number of ether oxygens (including phenoxy) is 1. The Labute approximate surface area is 167 Å². The Morgan fingerprint density at radius 3 is 2.50 bits per heavy atom. The Morgan fingerprint density at radius 2 is 1.86 bits per heavy atom. The zero-order valence-corrected chi connectivity index (χ0v) is 16.8. The third-order valence-electron chi connectivity index (χ3n) is 4.90. The molecule has 1 aliphatic heterocycles. The van der Waals surface area contributed by atoms with Crippen molar-refractivity contribution in [3.63, 3.8) is 0 Å². The van der Waals surface area contributed by atoms with Crippen molar-refractivity contribution in [2.75, 3.05) is 19.7 Å². The molecule has 28 heavy (non-hydrogen) atoms. The molecular formula is C23H28N2O3. The van der Waals surface area contributed by atoms with Crippen LogP contribution in [0, 0.1) is 18.8 Å². The van der Waals surface area contributed by atoms with Gasteiger partial charge in [0.05, 0.1) is 6.61 Å². The number of benzene rings is 1. The molecule has 1 amide bonds. The maximum atomic E-state index is 12.5. The molecule has 0 spiro atoms. The number of carbonyl (C=O) groups is 1. The van der Waals surface area contributed by atoms with E-state index in [1.54, 1.807) is 0 Å². The monoisotopic (exact) mass is 380 g/mol. The van der Waals surface area contributed by atoms with Crippen LogP contribution in [0.25, 0.3) is 11.5 Å². The summed E-state index contributed by atoms with van der Waals surface area (Å²) >= 11 is 0. The minimum absolute atomic E-state index is 0.0263. The van der Waals surface area contributed by atoms with Crippen LogP contribution in [0.5, 0.6) is 0 Å². The second kappa shape index (κ2) is 10.1. The molecule has 0 saturated carbocycles. The molecule has 0 bridgehead atoms. The fraction of sp³-hybridized carbons (Fsp3) is 0.478. The lowest BCUT2D eigenvalue weighted by Gasteiger charge is -2.21. The molecule has 1 aliphatic rings. The van der Waals surface area contributed by atoms with Crippen LogP contribution in [0.2, 0.25) is 0 Å². The third kappa shape index (κ3) is 5.46. The van der Waals surface area contributed by atoms with Gasteiger partial charge in [-0.05, 0) is 43.9 Å². The number of amides is 1. The number of nitrogens with zero attached hydrogens (tertiary/aromatic N) is 2. The highest BCUT2D eigenvalue weighted by Crippen LogP contribution is 2.22. The van der Waals surface area contributed by atoms with Gasteiger partial charge in [-0.3, -0.25) is 4.79 Å². The maximum Gasteiger partial charge on any atom is 0.248 e. The van der Waals surface area contributed by atoms with E-state index < -0.39 is 0 Å². The van der Waals surface area contributed by atoms with E-state index in [9.17, 15) is 4.79 Å². The highest BCUT2D eigenvalue weighted by Gasteiger charge is 2.16. The molecule has 0 fully saturated rings. The van der Waals surface area contributed by atoms with Crippen LogP contribution in [0.3, 0.4) is 0 Å². The number of hydrogen-bond donors (Lipinski definition) is 0. The predicted octanol–water partition coefficient (Wildman–Crippen LogP) is 4.14. The first kappa shape index (κ1) is 20.2. The zero-order valence-electron chi connectivity index (χ0n) is 16.8. The van der Waals surface area contributed by atoms with Gasteiger partial charge in [0.15, 0.2) is 0 Å². The fourth-order valence-electron chi connectivity index (χ4n) is 3.15. The largest absolute Gasteiger partial charge is 0.441 e. The van der Waals surface area contributed by atoms with E-state index in [-0.39, 0.29) is 19.1 Å².